The molecule has 0 amide bonds. The van der Waals surface area contributed by atoms with Crippen molar-refractivity contribution in [3.63, 3.8) is 0 Å². The van der Waals surface area contributed by atoms with Gasteiger partial charge in [0.05, 0.1) is 6.61 Å². The fourth-order valence-electron chi connectivity index (χ4n) is 1.55. The Labute approximate surface area is 110 Å². The van der Waals surface area contributed by atoms with Crippen LogP contribution in [0.2, 0.25) is 0 Å². The van der Waals surface area contributed by atoms with Gasteiger partial charge in [-0.1, -0.05) is 0 Å². The van der Waals surface area contributed by atoms with Crippen LogP contribution in [0.15, 0.2) is 0 Å². The Hall–Kier alpha value is -0.650. The lowest BCUT2D eigenvalue weighted by Gasteiger charge is -2.26. The number of esters is 1. The fraction of sp³-hybridized carbons (Fsp3) is 0.923. The van der Waals surface area contributed by atoms with Crippen molar-refractivity contribution >= 4 is 5.97 Å². The smallest absolute Gasteiger partial charge is 0.326 e. The van der Waals surface area contributed by atoms with Crippen LogP contribution in [0, 0.1) is 0 Å². The largest absolute Gasteiger partial charge is 0.465 e. The van der Waals surface area contributed by atoms with E-state index in [1.54, 1.807) is 14.2 Å². The zero-order valence-electron chi connectivity index (χ0n) is 12.1. The second kappa shape index (κ2) is 10.3. The molecule has 0 aromatic heterocycles. The molecular formula is C13H27NO4. The predicted octanol–water partition coefficient (Wildman–Crippen LogP) is 1.36. The summed E-state index contributed by atoms with van der Waals surface area (Å²) in [5.74, 6) is -0.202. The molecule has 0 aromatic carbocycles. The van der Waals surface area contributed by atoms with Crippen LogP contribution in [-0.2, 0) is 19.0 Å². The van der Waals surface area contributed by atoms with Crippen LogP contribution < -0.4 is 5.32 Å². The number of methoxy groups -OCH3 is 1. The van der Waals surface area contributed by atoms with E-state index in [1.807, 2.05) is 13.8 Å². The molecule has 5 nitrogen and oxygen atoms in total. The summed E-state index contributed by atoms with van der Waals surface area (Å²) in [6.45, 7) is 6.15. The highest BCUT2D eigenvalue weighted by molar-refractivity contribution is 5.80. The minimum absolute atomic E-state index is 0.202. The fourth-order valence-corrected chi connectivity index (χ4v) is 1.55. The predicted molar refractivity (Wildman–Crippen MR) is 70.6 cm³/mol. The highest BCUT2D eigenvalue weighted by Crippen LogP contribution is 2.14. The van der Waals surface area contributed by atoms with Crippen molar-refractivity contribution in [2.45, 2.75) is 38.6 Å². The van der Waals surface area contributed by atoms with Gasteiger partial charge in [0.25, 0.3) is 0 Å². The van der Waals surface area contributed by atoms with Crippen LogP contribution >= 0.6 is 0 Å². The summed E-state index contributed by atoms with van der Waals surface area (Å²) in [4.78, 5) is 11.8. The number of carbonyl (C=O) groups excluding carboxylic acids is 1. The van der Waals surface area contributed by atoms with Gasteiger partial charge in [0.2, 0.25) is 0 Å². The molecule has 0 aliphatic carbocycles. The van der Waals surface area contributed by atoms with Crippen LogP contribution in [0.5, 0.6) is 0 Å². The molecule has 0 heterocycles. The summed E-state index contributed by atoms with van der Waals surface area (Å²) in [7, 11) is 3.45. The second-order valence-electron chi connectivity index (χ2n) is 4.36. The Morgan fingerprint density at radius 3 is 2.44 bits per heavy atom. The number of nitrogens with one attached hydrogen (secondary N) is 1. The number of likely N-dealkylation sites (N-methyl/N-ethyl adjacent to an activating group) is 1. The molecule has 1 atom stereocenters. The van der Waals surface area contributed by atoms with Gasteiger partial charge in [0, 0.05) is 26.9 Å². The molecule has 0 fully saturated rings. The minimum atomic E-state index is -0.619. The van der Waals surface area contributed by atoms with E-state index in [-0.39, 0.29) is 5.97 Å². The van der Waals surface area contributed by atoms with Crippen molar-refractivity contribution < 1.29 is 19.0 Å². The maximum atomic E-state index is 11.8. The highest BCUT2D eigenvalue weighted by atomic mass is 16.5. The summed E-state index contributed by atoms with van der Waals surface area (Å²) in [6, 6.07) is 0. The Kier molecular flexibility index (Phi) is 9.92. The monoisotopic (exact) mass is 261 g/mol. The van der Waals surface area contributed by atoms with E-state index < -0.39 is 5.54 Å². The molecule has 0 aliphatic rings. The number of hydrogen-bond acceptors (Lipinski definition) is 5. The molecule has 0 radical (unpaired) electrons. The van der Waals surface area contributed by atoms with Crippen molar-refractivity contribution in [2.75, 3.05) is 40.6 Å². The van der Waals surface area contributed by atoms with Gasteiger partial charge in [-0.2, -0.15) is 0 Å². The number of ether oxygens (including phenoxy) is 3. The Morgan fingerprint density at radius 1 is 1.22 bits per heavy atom. The zero-order chi connectivity index (χ0) is 13.9. The molecule has 0 saturated carbocycles. The van der Waals surface area contributed by atoms with Gasteiger partial charge in [-0.05, 0) is 40.2 Å². The first-order chi connectivity index (χ1) is 8.60. The van der Waals surface area contributed by atoms with E-state index >= 15 is 0 Å². The van der Waals surface area contributed by atoms with Crippen LogP contribution in [0.25, 0.3) is 0 Å². The normalized spacial score (nSPS) is 14.2. The number of hydrogen-bond donors (Lipinski definition) is 1. The van der Waals surface area contributed by atoms with Crippen molar-refractivity contribution in [2.24, 2.45) is 0 Å². The van der Waals surface area contributed by atoms with Crippen LogP contribution in [0.1, 0.15) is 33.1 Å². The van der Waals surface area contributed by atoms with Gasteiger partial charge in [0.1, 0.15) is 5.54 Å². The summed E-state index contributed by atoms with van der Waals surface area (Å²) in [5.41, 5.74) is -0.619. The molecule has 0 spiro atoms. The molecule has 18 heavy (non-hydrogen) atoms. The van der Waals surface area contributed by atoms with Crippen molar-refractivity contribution in [1.29, 1.82) is 0 Å². The standard InChI is InChI=1S/C13H27NO4/c1-5-18-12(15)13(2,14-3)8-6-10-17-11-7-9-16-4/h14H,5-11H2,1-4H3. The van der Waals surface area contributed by atoms with Crippen molar-refractivity contribution in [3.8, 4) is 0 Å². The number of carbonyl (C=O) groups is 1. The van der Waals surface area contributed by atoms with Crippen LogP contribution in [-0.4, -0.2) is 52.1 Å². The van der Waals surface area contributed by atoms with Gasteiger partial charge >= 0.3 is 5.97 Å². The molecule has 5 heteroatoms. The van der Waals surface area contributed by atoms with Crippen molar-refractivity contribution in [1.82, 2.24) is 5.32 Å². The first-order valence-electron chi connectivity index (χ1n) is 6.53. The molecule has 0 saturated heterocycles. The first-order valence-corrected chi connectivity index (χ1v) is 6.53. The first kappa shape index (κ1) is 17.4. The molecule has 0 aromatic rings. The van der Waals surface area contributed by atoms with E-state index in [9.17, 15) is 4.79 Å². The van der Waals surface area contributed by atoms with E-state index in [1.165, 1.54) is 0 Å². The molecule has 0 rings (SSSR count). The van der Waals surface area contributed by atoms with Gasteiger partial charge < -0.3 is 19.5 Å². The third-order valence-corrected chi connectivity index (χ3v) is 2.88. The van der Waals surface area contributed by atoms with E-state index in [4.69, 9.17) is 14.2 Å². The maximum Gasteiger partial charge on any atom is 0.326 e. The molecule has 0 aliphatic heterocycles. The lowest BCUT2D eigenvalue weighted by Crippen LogP contribution is -2.48. The van der Waals surface area contributed by atoms with Crippen LogP contribution in [0.4, 0.5) is 0 Å². The quantitative estimate of drug-likeness (QED) is 0.449. The van der Waals surface area contributed by atoms with Crippen molar-refractivity contribution in [3.05, 3.63) is 0 Å². The second-order valence-corrected chi connectivity index (χ2v) is 4.36. The zero-order valence-corrected chi connectivity index (χ0v) is 12.1. The Morgan fingerprint density at radius 2 is 1.89 bits per heavy atom. The molecule has 1 unspecified atom stereocenters. The minimum Gasteiger partial charge on any atom is -0.465 e. The summed E-state index contributed by atoms with van der Waals surface area (Å²) in [6.07, 6.45) is 2.42. The lowest BCUT2D eigenvalue weighted by molar-refractivity contribution is -0.150. The SMILES string of the molecule is CCOC(=O)C(C)(CCCOCCCOC)NC. The number of rotatable bonds is 11. The van der Waals surface area contributed by atoms with Gasteiger partial charge in [-0.3, -0.25) is 4.79 Å². The average Bonchev–Trinajstić information content (AvgIpc) is 2.37. The topological polar surface area (TPSA) is 56.8 Å². The Bertz CT molecular complexity index is 223. The highest BCUT2D eigenvalue weighted by Gasteiger charge is 2.32. The van der Waals surface area contributed by atoms with E-state index in [0.717, 1.165) is 19.4 Å². The third kappa shape index (κ3) is 6.93. The van der Waals surface area contributed by atoms with E-state index in [0.29, 0.717) is 26.2 Å². The van der Waals surface area contributed by atoms with Gasteiger partial charge in [-0.15, -0.1) is 0 Å². The van der Waals surface area contributed by atoms with Gasteiger partial charge in [0.15, 0.2) is 0 Å². The van der Waals surface area contributed by atoms with Gasteiger partial charge in [-0.25, -0.2) is 0 Å². The molecule has 1 N–H and O–H groups in total. The molecule has 0 bridgehead atoms. The molecular weight excluding hydrogens is 234 g/mol. The average molecular weight is 261 g/mol. The lowest BCUT2D eigenvalue weighted by atomic mass is 9.96. The third-order valence-electron chi connectivity index (χ3n) is 2.88. The summed E-state index contributed by atoms with van der Waals surface area (Å²) in [5, 5.41) is 3.02. The van der Waals surface area contributed by atoms with E-state index in [2.05, 4.69) is 5.32 Å². The summed E-state index contributed by atoms with van der Waals surface area (Å²) < 4.78 is 15.4. The van der Waals surface area contributed by atoms with Crippen LogP contribution in [0.3, 0.4) is 0 Å². The molecule has 108 valence electrons. The summed E-state index contributed by atoms with van der Waals surface area (Å²) >= 11 is 0. The maximum absolute atomic E-state index is 11.8. The Balaban J connectivity index is 3.76.